The highest BCUT2D eigenvalue weighted by Gasteiger charge is 2.38. The fourth-order valence-electron chi connectivity index (χ4n) is 5.22. The van der Waals surface area contributed by atoms with Crippen LogP contribution < -0.4 is 5.32 Å². The first-order chi connectivity index (χ1) is 20.5. The van der Waals surface area contributed by atoms with E-state index in [4.69, 9.17) is 15.2 Å². The number of H-pyrrole nitrogens is 1. The summed E-state index contributed by atoms with van der Waals surface area (Å²) in [4.78, 5) is 35.6. The van der Waals surface area contributed by atoms with Gasteiger partial charge < -0.3 is 15.4 Å². The van der Waals surface area contributed by atoms with E-state index in [0.29, 0.717) is 11.8 Å². The van der Waals surface area contributed by atoms with Gasteiger partial charge in [0.15, 0.2) is 11.5 Å². The number of amides is 1. The summed E-state index contributed by atoms with van der Waals surface area (Å²) in [6.45, 7) is 5.29. The molecule has 3 heterocycles. The number of imidazole rings is 1. The number of alkyl halides is 3. The minimum absolute atomic E-state index is 0.146. The average Bonchev–Trinajstić information content (AvgIpc) is 3.49. The molecule has 1 aliphatic heterocycles. The van der Waals surface area contributed by atoms with Crippen LogP contribution in [0.4, 0.5) is 18.9 Å². The van der Waals surface area contributed by atoms with Crippen LogP contribution in [0, 0.1) is 17.2 Å². The molecular formula is C31H33F3N6O3. The summed E-state index contributed by atoms with van der Waals surface area (Å²) < 4.78 is 31.7. The third-order valence-electron chi connectivity index (χ3n) is 7.63. The first-order valence-electron chi connectivity index (χ1n) is 14.1. The first kappa shape index (κ1) is 31.4. The smallest absolute Gasteiger partial charge is 0.475 e. The highest BCUT2D eigenvalue weighted by atomic mass is 19.4. The highest BCUT2D eigenvalue weighted by molar-refractivity contribution is 6.03. The number of halogens is 3. The first-order valence-corrected chi connectivity index (χ1v) is 14.1. The lowest BCUT2D eigenvalue weighted by atomic mass is 9.83. The molecule has 0 radical (unpaired) electrons. The summed E-state index contributed by atoms with van der Waals surface area (Å²) in [5.41, 5.74) is 5.87. The third-order valence-corrected chi connectivity index (χ3v) is 7.63. The van der Waals surface area contributed by atoms with Crippen molar-refractivity contribution in [2.45, 2.75) is 57.7 Å². The maximum atomic E-state index is 12.9. The predicted molar refractivity (Wildman–Crippen MR) is 154 cm³/mol. The number of carbonyl (C=O) groups is 2. The van der Waals surface area contributed by atoms with Crippen molar-refractivity contribution in [3.05, 3.63) is 83.2 Å². The summed E-state index contributed by atoms with van der Waals surface area (Å²) in [7, 11) is 0. The lowest BCUT2D eigenvalue weighted by Gasteiger charge is -2.32. The van der Waals surface area contributed by atoms with Crippen molar-refractivity contribution < 1.29 is 27.9 Å². The molecule has 0 spiro atoms. The standard InChI is InChI=1S/C29H32N6O.C2HF3O2/c1-20-5-7-22(8-6-20)26-16-23(9-10-27(26)34-29(36)28-32-18-25(17-30)33-28)21-11-14-35(15-12-21)19-24-4-2-3-13-31-24;3-2(4,5)1(6)7/h2-4,7,9-10,13,16,18,20-21H,5-6,8,11-12,14-15,19H2,1H3,(H,32,33)(H,34,36);(H,6,7). The van der Waals surface area contributed by atoms with Crippen LogP contribution >= 0.6 is 0 Å². The molecule has 1 amide bonds. The van der Waals surface area contributed by atoms with E-state index in [2.05, 4.69) is 56.4 Å². The zero-order chi connectivity index (χ0) is 31.0. The van der Waals surface area contributed by atoms with Gasteiger partial charge in [-0.25, -0.2) is 9.78 Å². The Bertz CT molecular complexity index is 1490. The largest absolute Gasteiger partial charge is 0.490 e. The molecule has 0 bridgehead atoms. The molecule has 12 heteroatoms. The Kier molecular flexibility index (Phi) is 10.3. The van der Waals surface area contributed by atoms with Crippen molar-refractivity contribution in [2.24, 2.45) is 5.92 Å². The molecule has 0 saturated carbocycles. The molecule has 1 atom stereocenters. The molecule has 3 aromatic rings. The van der Waals surface area contributed by atoms with E-state index in [-0.39, 0.29) is 17.4 Å². The van der Waals surface area contributed by atoms with Gasteiger partial charge in [-0.05, 0) is 92.4 Å². The van der Waals surface area contributed by atoms with Crippen molar-refractivity contribution in [1.82, 2.24) is 19.9 Å². The van der Waals surface area contributed by atoms with Gasteiger partial charge in [0.25, 0.3) is 5.91 Å². The molecule has 43 heavy (non-hydrogen) atoms. The maximum absolute atomic E-state index is 12.9. The van der Waals surface area contributed by atoms with Crippen LogP contribution in [0.1, 0.15) is 78.1 Å². The number of aromatic nitrogens is 3. The SMILES string of the molecule is CC1CC=C(c2cc(C3CCN(Cc4ccccn4)CC3)ccc2NC(=O)c2nc(C#N)c[nH]2)CC1.O=C(O)C(F)(F)F. The molecule has 5 rings (SSSR count). The molecule has 1 saturated heterocycles. The topological polar surface area (TPSA) is 135 Å². The Morgan fingerprint density at radius 1 is 1.19 bits per heavy atom. The van der Waals surface area contributed by atoms with Gasteiger partial charge in [0.2, 0.25) is 0 Å². The molecule has 2 aromatic heterocycles. The van der Waals surface area contributed by atoms with Crippen molar-refractivity contribution in [3.8, 4) is 6.07 Å². The van der Waals surface area contributed by atoms with E-state index >= 15 is 0 Å². The Labute approximate surface area is 247 Å². The number of aromatic amines is 1. The number of carbonyl (C=O) groups excluding carboxylic acids is 1. The van der Waals surface area contributed by atoms with Crippen LogP contribution in [0.2, 0.25) is 0 Å². The number of hydrogen-bond donors (Lipinski definition) is 3. The molecule has 226 valence electrons. The van der Waals surface area contributed by atoms with Crippen LogP contribution in [0.25, 0.3) is 5.57 Å². The summed E-state index contributed by atoms with van der Waals surface area (Å²) in [5, 5.41) is 19.2. The van der Waals surface area contributed by atoms with Crippen LogP contribution in [0.5, 0.6) is 0 Å². The van der Waals surface area contributed by atoms with Crippen LogP contribution in [-0.4, -0.2) is 56.1 Å². The molecule has 9 nitrogen and oxygen atoms in total. The minimum Gasteiger partial charge on any atom is -0.475 e. The number of aliphatic carboxylic acids is 1. The van der Waals surface area contributed by atoms with E-state index in [0.717, 1.165) is 68.7 Å². The fraction of sp³-hybridized carbons (Fsp3) is 0.387. The van der Waals surface area contributed by atoms with Crippen LogP contribution in [-0.2, 0) is 11.3 Å². The number of rotatable bonds is 6. The number of nitriles is 1. The number of carboxylic acids is 1. The number of likely N-dealkylation sites (tertiary alicyclic amines) is 1. The highest BCUT2D eigenvalue weighted by Crippen LogP contribution is 2.37. The Balaban J connectivity index is 0.000000541. The lowest BCUT2D eigenvalue weighted by molar-refractivity contribution is -0.192. The van der Waals surface area contributed by atoms with Crippen LogP contribution in [0.3, 0.4) is 0 Å². The maximum Gasteiger partial charge on any atom is 0.490 e. The fourth-order valence-corrected chi connectivity index (χ4v) is 5.22. The van der Waals surface area contributed by atoms with Crippen molar-refractivity contribution >= 4 is 23.1 Å². The molecule has 3 N–H and O–H groups in total. The monoisotopic (exact) mass is 594 g/mol. The van der Waals surface area contributed by atoms with Gasteiger partial charge in [-0.2, -0.15) is 18.4 Å². The minimum atomic E-state index is -5.08. The Morgan fingerprint density at radius 3 is 2.51 bits per heavy atom. The van der Waals surface area contributed by atoms with Gasteiger partial charge in [0, 0.05) is 30.2 Å². The second-order valence-corrected chi connectivity index (χ2v) is 10.8. The summed E-state index contributed by atoms with van der Waals surface area (Å²) in [6, 6.07) is 14.5. The van der Waals surface area contributed by atoms with Gasteiger partial charge in [0.05, 0.1) is 5.69 Å². The number of carboxylic acid groups (broad SMARTS) is 1. The number of anilines is 1. The molecule has 1 fully saturated rings. The van der Waals surface area contributed by atoms with E-state index in [1.807, 2.05) is 30.5 Å². The number of nitrogens with one attached hydrogen (secondary N) is 2. The zero-order valence-corrected chi connectivity index (χ0v) is 23.7. The second kappa shape index (κ2) is 14.1. The molecular weight excluding hydrogens is 561 g/mol. The predicted octanol–water partition coefficient (Wildman–Crippen LogP) is 6.14. The molecule has 1 aromatic carbocycles. The van der Waals surface area contributed by atoms with Crippen LogP contribution in [0.15, 0.2) is 54.9 Å². The van der Waals surface area contributed by atoms with Crippen molar-refractivity contribution in [1.29, 1.82) is 5.26 Å². The number of hydrogen-bond acceptors (Lipinski definition) is 6. The lowest BCUT2D eigenvalue weighted by Crippen LogP contribution is -2.32. The normalized spacial score (nSPS) is 17.7. The summed E-state index contributed by atoms with van der Waals surface area (Å²) in [5.74, 6) is -1.76. The van der Waals surface area contributed by atoms with Gasteiger partial charge in [-0.3, -0.25) is 14.7 Å². The number of pyridine rings is 1. The van der Waals surface area contributed by atoms with E-state index in [1.54, 1.807) is 0 Å². The molecule has 1 aliphatic carbocycles. The Morgan fingerprint density at radius 2 is 1.93 bits per heavy atom. The summed E-state index contributed by atoms with van der Waals surface area (Å²) in [6.07, 6.45) is 5.99. The third kappa shape index (κ3) is 8.75. The average molecular weight is 595 g/mol. The van der Waals surface area contributed by atoms with E-state index in [1.165, 1.54) is 17.3 Å². The van der Waals surface area contributed by atoms with Gasteiger partial charge in [0.1, 0.15) is 6.07 Å². The Hall–Kier alpha value is -4.50. The quantitative estimate of drug-likeness (QED) is 0.312. The zero-order valence-electron chi connectivity index (χ0n) is 23.7. The summed E-state index contributed by atoms with van der Waals surface area (Å²) >= 11 is 0. The number of benzene rings is 1. The van der Waals surface area contributed by atoms with E-state index in [9.17, 15) is 18.0 Å². The molecule has 2 aliphatic rings. The number of nitrogens with zero attached hydrogens (tertiary/aromatic N) is 4. The number of piperidine rings is 1. The molecule has 1 unspecified atom stereocenters. The van der Waals surface area contributed by atoms with Crippen molar-refractivity contribution in [2.75, 3.05) is 18.4 Å². The van der Waals surface area contributed by atoms with Gasteiger partial charge in [-0.15, -0.1) is 0 Å². The van der Waals surface area contributed by atoms with E-state index < -0.39 is 12.1 Å². The second-order valence-electron chi connectivity index (χ2n) is 10.8. The number of allylic oxidation sites excluding steroid dienone is 2. The van der Waals surface area contributed by atoms with Gasteiger partial charge in [-0.1, -0.05) is 25.1 Å². The van der Waals surface area contributed by atoms with Gasteiger partial charge >= 0.3 is 12.1 Å². The van der Waals surface area contributed by atoms with Crippen molar-refractivity contribution in [3.63, 3.8) is 0 Å².